The number of aliphatic imine (C=N–C) groups is 1. The monoisotopic (exact) mass is 451 g/mol. The minimum absolute atomic E-state index is 0.132. The van der Waals surface area contributed by atoms with E-state index in [1.165, 1.54) is 11.8 Å². The summed E-state index contributed by atoms with van der Waals surface area (Å²) in [5.74, 6) is -0.645. The van der Waals surface area contributed by atoms with Gasteiger partial charge in [-0.05, 0) is 47.7 Å². The van der Waals surface area contributed by atoms with Crippen molar-refractivity contribution >= 4 is 68.8 Å². The molecular weight excluding hydrogens is 434 g/mol. The van der Waals surface area contributed by atoms with Crippen molar-refractivity contribution in [1.29, 1.82) is 0 Å². The summed E-state index contributed by atoms with van der Waals surface area (Å²) in [7, 11) is 0. The highest BCUT2D eigenvalue weighted by Crippen LogP contribution is 2.34. The van der Waals surface area contributed by atoms with Crippen molar-refractivity contribution in [2.75, 3.05) is 10.6 Å². The average Bonchev–Trinajstić information content (AvgIpc) is 3.09. The fourth-order valence-corrected chi connectivity index (χ4v) is 3.85. The number of carbonyl (C=O) groups is 2. The number of rotatable bonds is 4. The molecule has 2 amide bonds. The second-order valence-corrected chi connectivity index (χ2v) is 8.48. The Bertz CT molecular complexity index is 1260. The normalized spacial score (nSPS) is 14.9. The lowest BCUT2D eigenvalue weighted by Gasteiger charge is -2.13. The molecule has 0 saturated carbocycles. The number of nitrogens with one attached hydrogen (secondary N) is 2. The summed E-state index contributed by atoms with van der Waals surface area (Å²) in [6.07, 6.45) is 5.03. The Morgan fingerprint density at radius 1 is 1.10 bits per heavy atom. The molecule has 2 N–H and O–H groups in total. The van der Waals surface area contributed by atoms with E-state index in [0.717, 1.165) is 16.6 Å². The molecule has 0 saturated heterocycles. The minimum Gasteiger partial charge on any atom is -0.333 e. The number of thioether (sulfide) groups is 1. The number of hydrogen-bond donors (Lipinski definition) is 2. The van der Waals surface area contributed by atoms with Crippen LogP contribution >= 0.6 is 23.4 Å². The van der Waals surface area contributed by atoms with E-state index in [1.54, 1.807) is 50.5 Å². The summed E-state index contributed by atoms with van der Waals surface area (Å²) in [5.41, 5.74) is 3.40. The summed E-state index contributed by atoms with van der Waals surface area (Å²) in [6, 6.07) is 10.8. The zero-order valence-corrected chi connectivity index (χ0v) is 18.3. The van der Waals surface area contributed by atoms with Gasteiger partial charge in [0.15, 0.2) is 5.17 Å². The second kappa shape index (κ2) is 8.87. The molecule has 1 aliphatic heterocycles. The van der Waals surface area contributed by atoms with Gasteiger partial charge in [0.05, 0.1) is 32.3 Å². The van der Waals surface area contributed by atoms with Gasteiger partial charge in [0.2, 0.25) is 5.91 Å². The number of nitrogens with zero attached hydrogens (tertiary/aromatic N) is 3. The summed E-state index contributed by atoms with van der Waals surface area (Å²) in [4.78, 5) is 37.4. The molecule has 156 valence electrons. The molecule has 4 rings (SSSR count). The van der Waals surface area contributed by atoms with Gasteiger partial charge in [0.1, 0.15) is 0 Å². The molecule has 0 fully saturated rings. The number of hydrogen-bond acceptors (Lipinski definition) is 6. The third-order valence-corrected chi connectivity index (χ3v) is 5.74. The van der Waals surface area contributed by atoms with Crippen LogP contribution in [0.25, 0.3) is 17.1 Å². The Labute approximate surface area is 188 Å². The lowest BCUT2D eigenvalue weighted by Crippen LogP contribution is -2.18. The van der Waals surface area contributed by atoms with E-state index in [0.29, 0.717) is 26.5 Å². The van der Waals surface area contributed by atoms with Crippen molar-refractivity contribution < 1.29 is 9.59 Å². The zero-order chi connectivity index (χ0) is 22.0. The predicted molar refractivity (Wildman–Crippen MR) is 126 cm³/mol. The van der Waals surface area contributed by atoms with Gasteiger partial charge in [0.25, 0.3) is 5.91 Å². The van der Waals surface area contributed by atoms with Crippen LogP contribution in [0, 0.1) is 5.92 Å². The van der Waals surface area contributed by atoms with Gasteiger partial charge in [0, 0.05) is 18.3 Å². The smallest absolute Gasteiger partial charge is 0.286 e. The molecule has 0 bridgehead atoms. The Morgan fingerprint density at radius 2 is 1.84 bits per heavy atom. The van der Waals surface area contributed by atoms with Gasteiger partial charge in [-0.1, -0.05) is 37.6 Å². The lowest BCUT2D eigenvalue weighted by molar-refractivity contribution is -0.119. The summed E-state index contributed by atoms with van der Waals surface area (Å²) in [6.45, 7) is 3.60. The molecule has 1 aliphatic rings. The van der Waals surface area contributed by atoms with Crippen molar-refractivity contribution in [3.8, 4) is 0 Å². The van der Waals surface area contributed by atoms with Crippen LogP contribution in [-0.4, -0.2) is 26.9 Å². The number of amides is 2. The van der Waals surface area contributed by atoms with Crippen LogP contribution in [0.15, 0.2) is 58.7 Å². The number of anilines is 2. The number of fused-ring (bicyclic) bond motifs is 1. The largest absolute Gasteiger partial charge is 0.333 e. The fourth-order valence-electron chi connectivity index (χ4n) is 2.80. The molecule has 0 radical (unpaired) electrons. The first-order valence-corrected chi connectivity index (χ1v) is 10.7. The third-order valence-electron chi connectivity index (χ3n) is 4.43. The third kappa shape index (κ3) is 4.76. The predicted octanol–water partition coefficient (Wildman–Crippen LogP) is 4.96. The van der Waals surface area contributed by atoms with Crippen molar-refractivity contribution in [1.82, 2.24) is 9.97 Å². The summed E-state index contributed by atoms with van der Waals surface area (Å²) < 4.78 is 0. The van der Waals surface area contributed by atoms with Gasteiger partial charge in [-0.2, -0.15) is 4.99 Å². The fraction of sp³-hybridized carbons (Fsp3) is 0.136. The van der Waals surface area contributed by atoms with Gasteiger partial charge in [-0.25, -0.2) is 0 Å². The highest BCUT2D eigenvalue weighted by Gasteiger charge is 2.23. The Morgan fingerprint density at radius 3 is 2.61 bits per heavy atom. The van der Waals surface area contributed by atoms with E-state index < -0.39 is 0 Å². The number of carbonyl (C=O) groups excluding carboxylic acids is 2. The quantitative estimate of drug-likeness (QED) is 0.544. The Balaban J connectivity index is 1.51. The number of aromatic nitrogens is 2. The molecule has 0 unspecified atom stereocenters. The van der Waals surface area contributed by atoms with E-state index in [1.807, 2.05) is 18.2 Å². The lowest BCUT2D eigenvalue weighted by atomic mass is 10.2. The van der Waals surface area contributed by atoms with Crippen molar-refractivity contribution in [3.05, 3.63) is 64.3 Å². The van der Waals surface area contributed by atoms with Gasteiger partial charge in [-0.3, -0.25) is 19.6 Å². The SMILES string of the molecule is CC(C)C(=O)Nc1cccc(NC2=NC(=O)/C(=C/c3ccc4nccnc4c3)S2)c1Cl. The summed E-state index contributed by atoms with van der Waals surface area (Å²) in [5, 5.41) is 6.62. The van der Waals surface area contributed by atoms with Crippen LogP contribution in [0.2, 0.25) is 5.02 Å². The standard InChI is InChI=1S/C22H18ClN5O2S/c1-12(2)20(29)26-15-4-3-5-16(19(15)23)27-22-28-21(30)18(31-22)11-13-6-7-14-17(10-13)25-9-8-24-14/h3-12H,1-2H3,(H,26,29)(H,27,28,30)/b18-11-. The maximum absolute atomic E-state index is 12.4. The average molecular weight is 452 g/mol. The molecule has 7 nitrogen and oxygen atoms in total. The number of amidine groups is 1. The molecule has 9 heteroatoms. The molecule has 1 aromatic heterocycles. The van der Waals surface area contributed by atoms with Gasteiger partial charge < -0.3 is 10.6 Å². The Hall–Kier alpha value is -3.23. The number of benzene rings is 2. The molecule has 0 aliphatic carbocycles. The van der Waals surface area contributed by atoms with Crippen molar-refractivity contribution in [2.24, 2.45) is 10.9 Å². The maximum Gasteiger partial charge on any atom is 0.286 e. The number of halogens is 1. The van der Waals surface area contributed by atoms with E-state index in [9.17, 15) is 9.59 Å². The van der Waals surface area contributed by atoms with Crippen LogP contribution < -0.4 is 10.6 Å². The van der Waals surface area contributed by atoms with Crippen LogP contribution in [0.5, 0.6) is 0 Å². The molecule has 0 spiro atoms. The first kappa shape index (κ1) is 21.0. The topological polar surface area (TPSA) is 96.3 Å². The maximum atomic E-state index is 12.4. The zero-order valence-electron chi connectivity index (χ0n) is 16.7. The van der Waals surface area contributed by atoms with E-state index in [4.69, 9.17) is 11.6 Å². The van der Waals surface area contributed by atoms with Crippen LogP contribution in [0.4, 0.5) is 11.4 Å². The first-order chi connectivity index (χ1) is 14.9. The summed E-state index contributed by atoms with van der Waals surface area (Å²) >= 11 is 7.66. The Kier molecular flexibility index (Phi) is 6.01. The second-order valence-electron chi connectivity index (χ2n) is 7.07. The van der Waals surface area contributed by atoms with Crippen LogP contribution in [0.1, 0.15) is 19.4 Å². The van der Waals surface area contributed by atoms with Crippen LogP contribution in [-0.2, 0) is 9.59 Å². The molecule has 2 heterocycles. The first-order valence-electron chi connectivity index (χ1n) is 9.50. The van der Waals surface area contributed by atoms with Crippen molar-refractivity contribution in [2.45, 2.75) is 13.8 Å². The molecule has 31 heavy (non-hydrogen) atoms. The molecule has 0 atom stereocenters. The van der Waals surface area contributed by atoms with Gasteiger partial charge >= 0.3 is 0 Å². The highest BCUT2D eigenvalue weighted by molar-refractivity contribution is 8.18. The van der Waals surface area contributed by atoms with E-state index in [-0.39, 0.29) is 17.7 Å². The van der Waals surface area contributed by atoms with E-state index >= 15 is 0 Å². The highest BCUT2D eigenvalue weighted by atomic mass is 35.5. The molecule has 3 aromatic rings. The molecule has 2 aromatic carbocycles. The van der Waals surface area contributed by atoms with E-state index in [2.05, 4.69) is 25.6 Å². The van der Waals surface area contributed by atoms with Crippen molar-refractivity contribution in [3.63, 3.8) is 0 Å². The molecular formula is C22H18ClN5O2S. The van der Waals surface area contributed by atoms with Crippen LogP contribution in [0.3, 0.4) is 0 Å². The van der Waals surface area contributed by atoms with Gasteiger partial charge in [-0.15, -0.1) is 0 Å². The minimum atomic E-state index is -0.341.